The Balaban J connectivity index is 1.00. The number of phenols is 1. The van der Waals surface area contributed by atoms with Gasteiger partial charge in [-0.25, -0.2) is 0 Å². The standard InChI is InChI=1S/C49H46N8O6/c1-54(2)32-17-9-28(10-18-32)50-52-30-13-21-34(22-14-30)56-46(59)37-26-25-36-38(42(37)48(56)61)27-39-44(43(36)45-40(58)7-6-8-41(45)63-5)49(62)57(47(39)60)35-23-15-31(16-24-35)53-51-29-11-19-33(20-12-29)55(3)4/h6-25,37-39,42-44,58H,26-27H2,1-5H3/t37-,38+,39+,42-,43-,44+/m0/s1. The van der Waals surface area contributed by atoms with E-state index in [1.54, 1.807) is 60.7 Å². The van der Waals surface area contributed by atoms with Gasteiger partial charge >= 0.3 is 0 Å². The van der Waals surface area contributed by atoms with Crippen LogP contribution in [0.4, 0.5) is 45.5 Å². The van der Waals surface area contributed by atoms with Crippen molar-refractivity contribution in [3.8, 4) is 11.5 Å². The Kier molecular flexibility index (Phi) is 10.7. The van der Waals surface area contributed by atoms with Gasteiger partial charge in [0.15, 0.2) is 0 Å². The van der Waals surface area contributed by atoms with E-state index in [0.717, 1.165) is 16.9 Å². The summed E-state index contributed by atoms with van der Waals surface area (Å²) in [7, 11) is 9.33. The molecular weight excluding hydrogens is 797 g/mol. The molecule has 5 aromatic carbocycles. The summed E-state index contributed by atoms with van der Waals surface area (Å²) in [6, 6.07) is 33.7. The van der Waals surface area contributed by atoms with Crippen LogP contribution in [0.5, 0.6) is 11.5 Å². The molecule has 14 heteroatoms. The average Bonchev–Trinajstić information content (AvgIpc) is 3.70. The summed E-state index contributed by atoms with van der Waals surface area (Å²) in [6.07, 6.45) is 2.36. The van der Waals surface area contributed by atoms with Gasteiger partial charge < -0.3 is 19.6 Å². The largest absolute Gasteiger partial charge is 0.508 e. The van der Waals surface area contributed by atoms with Crippen LogP contribution in [-0.4, -0.2) is 64.0 Å². The number of anilines is 4. The highest BCUT2D eigenvalue weighted by atomic mass is 16.5. The van der Waals surface area contributed by atoms with E-state index >= 15 is 0 Å². The molecule has 0 unspecified atom stereocenters. The van der Waals surface area contributed by atoms with E-state index in [1.165, 1.54) is 23.0 Å². The van der Waals surface area contributed by atoms with Gasteiger partial charge in [-0.1, -0.05) is 17.7 Å². The number of fused-ring (bicyclic) bond motifs is 4. The number of azo groups is 2. The number of aromatic hydroxyl groups is 1. The molecule has 0 spiro atoms. The third-order valence-corrected chi connectivity index (χ3v) is 12.7. The van der Waals surface area contributed by atoms with Gasteiger partial charge in [0.1, 0.15) is 11.5 Å². The maximum absolute atomic E-state index is 14.7. The van der Waals surface area contributed by atoms with Gasteiger partial charge in [-0.2, -0.15) is 20.5 Å². The lowest BCUT2D eigenvalue weighted by atomic mass is 9.57. The Morgan fingerprint density at radius 3 is 1.46 bits per heavy atom. The lowest BCUT2D eigenvalue weighted by Crippen LogP contribution is -2.43. The zero-order chi connectivity index (χ0) is 44.1. The van der Waals surface area contributed by atoms with Gasteiger partial charge in [0, 0.05) is 51.0 Å². The van der Waals surface area contributed by atoms with Crippen LogP contribution < -0.4 is 24.3 Å². The lowest BCUT2D eigenvalue weighted by molar-refractivity contribution is -0.126. The lowest BCUT2D eigenvalue weighted by Gasteiger charge is -2.44. The monoisotopic (exact) mass is 842 g/mol. The van der Waals surface area contributed by atoms with E-state index < -0.39 is 47.3 Å². The van der Waals surface area contributed by atoms with Gasteiger partial charge in [0.05, 0.1) is 64.9 Å². The average molecular weight is 843 g/mol. The molecule has 318 valence electrons. The summed E-state index contributed by atoms with van der Waals surface area (Å²) >= 11 is 0. The summed E-state index contributed by atoms with van der Waals surface area (Å²) in [6.45, 7) is 0. The summed E-state index contributed by atoms with van der Waals surface area (Å²) in [5.74, 6) is -5.86. The van der Waals surface area contributed by atoms with Gasteiger partial charge in [0.25, 0.3) is 0 Å². The molecule has 2 heterocycles. The highest BCUT2D eigenvalue weighted by Crippen LogP contribution is 2.60. The first-order chi connectivity index (χ1) is 30.4. The highest BCUT2D eigenvalue weighted by Gasteiger charge is 2.63. The van der Waals surface area contributed by atoms with Crippen molar-refractivity contribution < 1.29 is 29.0 Å². The molecule has 2 aliphatic heterocycles. The number of benzene rings is 5. The molecule has 0 bridgehead atoms. The zero-order valence-corrected chi connectivity index (χ0v) is 35.5. The normalized spacial score (nSPS) is 23.0. The first-order valence-corrected chi connectivity index (χ1v) is 20.8. The van der Waals surface area contributed by atoms with E-state index in [-0.39, 0.29) is 30.4 Å². The van der Waals surface area contributed by atoms with Crippen LogP contribution in [0.1, 0.15) is 24.3 Å². The van der Waals surface area contributed by atoms with E-state index in [4.69, 9.17) is 4.74 Å². The van der Waals surface area contributed by atoms with Crippen molar-refractivity contribution in [2.45, 2.75) is 18.8 Å². The molecule has 4 amide bonds. The Morgan fingerprint density at radius 2 is 1.00 bits per heavy atom. The fraction of sp³-hybridized carbons (Fsp3) is 0.265. The van der Waals surface area contributed by atoms with Gasteiger partial charge in [-0.15, -0.1) is 0 Å². The molecule has 3 fully saturated rings. The Labute approximate surface area is 364 Å². The SMILES string of the molecule is COc1cccc(O)c1[C@H]1C2=CC[C@@H]3C(=O)N(c4ccc(N=Nc5ccc(N(C)C)cc5)cc4)C(=O)[C@@H]3[C@@H]2C[C@H]2C(=O)N(c3ccc(N=Nc4ccc(N(C)C)cc4)cc3)C(=O)[C@@H]12. The van der Waals surface area contributed by atoms with Crippen LogP contribution in [0.25, 0.3) is 0 Å². The topological polar surface area (TPSA) is 160 Å². The number of carbonyl (C=O) groups excluding carboxylic acids is 4. The smallest absolute Gasteiger partial charge is 0.238 e. The van der Waals surface area contributed by atoms with E-state index in [1.807, 2.05) is 92.6 Å². The number of ether oxygens (including phenoxy) is 1. The highest BCUT2D eigenvalue weighted by molar-refractivity contribution is 6.24. The first-order valence-electron chi connectivity index (χ1n) is 20.8. The van der Waals surface area contributed by atoms with Crippen molar-refractivity contribution in [1.82, 2.24) is 0 Å². The predicted molar refractivity (Wildman–Crippen MR) is 240 cm³/mol. The molecule has 1 N–H and O–H groups in total. The minimum Gasteiger partial charge on any atom is -0.508 e. The Bertz CT molecular complexity index is 2690. The maximum Gasteiger partial charge on any atom is 0.238 e. The van der Waals surface area contributed by atoms with Crippen molar-refractivity contribution in [1.29, 1.82) is 0 Å². The number of amides is 4. The number of nitrogens with zero attached hydrogens (tertiary/aromatic N) is 8. The third-order valence-electron chi connectivity index (χ3n) is 12.7. The van der Waals surface area contributed by atoms with Crippen LogP contribution in [0.15, 0.2) is 147 Å². The summed E-state index contributed by atoms with van der Waals surface area (Å²) in [5, 5.41) is 28.9. The molecule has 0 radical (unpaired) electrons. The Morgan fingerprint density at radius 1 is 0.556 bits per heavy atom. The van der Waals surface area contributed by atoms with Gasteiger partial charge in [0.2, 0.25) is 23.6 Å². The third kappa shape index (κ3) is 7.30. The van der Waals surface area contributed by atoms with Gasteiger partial charge in [-0.05, 0) is 128 Å². The minimum absolute atomic E-state index is 0.0928. The fourth-order valence-electron chi connectivity index (χ4n) is 9.64. The molecule has 1 saturated carbocycles. The number of rotatable bonds is 10. The summed E-state index contributed by atoms with van der Waals surface area (Å²) in [4.78, 5) is 64.6. The molecule has 9 rings (SSSR count). The number of phenolic OH excluding ortho intramolecular Hbond substituents is 1. The van der Waals surface area contributed by atoms with Crippen molar-refractivity contribution in [3.05, 3.63) is 132 Å². The predicted octanol–water partition coefficient (Wildman–Crippen LogP) is 9.41. The molecule has 2 aliphatic carbocycles. The van der Waals surface area contributed by atoms with Crippen molar-refractivity contribution in [2.75, 3.05) is 54.9 Å². The second kappa shape index (κ2) is 16.4. The molecule has 63 heavy (non-hydrogen) atoms. The second-order valence-corrected chi connectivity index (χ2v) is 16.7. The van der Waals surface area contributed by atoms with E-state index in [9.17, 15) is 24.3 Å². The van der Waals surface area contributed by atoms with E-state index in [2.05, 4.69) is 20.5 Å². The van der Waals surface area contributed by atoms with Crippen LogP contribution in [0, 0.1) is 29.6 Å². The Hall–Kier alpha value is -7.48. The molecule has 2 saturated heterocycles. The van der Waals surface area contributed by atoms with Crippen molar-refractivity contribution in [2.24, 2.45) is 50.0 Å². The van der Waals surface area contributed by atoms with E-state index in [0.29, 0.717) is 45.4 Å². The number of methoxy groups -OCH3 is 1. The number of allylic oxidation sites excluding steroid dienone is 2. The van der Waals surface area contributed by atoms with Gasteiger partial charge in [-0.3, -0.25) is 29.0 Å². The van der Waals surface area contributed by atoms with Crippen molar-refractivity contribution in [3.63, 3.8) is 0 Å². The zero-order valence-electron chi connectivity index (χ0n) is 35.5. The number of carbonyl (C=O) groups is 4. The summed E-state index contributed by atoms with van der Waals surface area (Å²) < 4.78 is 5.77. The van der Waals surface area contributed by atoms with Crippen LogP contribution >= 0.6 is 0 Å². The molecule has 4 aliphatic rings. The fourth-order valence-corrected chi connectivity index (χ4v) is 9.64. The molecular formula is C49H46N8O6. The molecule has 0 aromatic heterocycles. The maximum atomic E-state index is 14.7. The summed E-state index contributed by atoms with van der Waals surface area (Å²) in [5.41, 5.74) is 6.40. The number of hydrogen-bond acceptors (Lipinski definition) is 12. The molecule has 6 atom stereocenters. The number of imide groups is 2. The van der Waals surface area contributed by atoms with Crippen molar-refractivity contribution >= 4 is 69.1 Å². The van der Waals surface area contributed by atoms with Crippen LogP contribution in [0.3, 0.4) is 0 Å². The first kappa shape index (κ1) is 40.9. The second-order valence-electron chi connectivity index (χ2n) is 16.7. The molecule has 5 aromatic rings. The van der Waals surface area contributed by atoms with Crippen LogP contribution in [-0.2, 0) is 19.2 Å². The van der Waals surface area contributed by atoms with Crippen LogP contribution in [0.2, 0.25) is 0 Å². The molecule has 14 nitrogen and oxygen atoms in total. The quantitative estimate of drug-likeness (QED) is 0.0827. The number of hydrogen-bond donors (Lipinski definition) is 1. The minimum atomic E-state index is -0.904.